The summed E-state index contributed by atoms with van der Waals surface area (Å²) >= 11 is 0. The molecule has 1 aromatic heterocycles. The number of aromatic nitrogens is 1. The Bertz CT molecular complexity index is 1630. The Balaban J connectivity index is 1.31. The minimum absolute atomic E-state index is 0.223. The fraction of sp³-hybridized carbons (Fsp3) is 0.290. The van der Waals surface area contributed by atoms with Crippen LogP contribution in [0.3, 0.4) is 0 Å². The molecule has 6 rings (SSSR count). The Kier molecular flexibility index (Phi) is 5.37. The summed E-state index contributed by atoms with van der Waals surface area (Å²) in [7, 11) is 0. The summed E-state index contributed by atoms with van der Waals surface area (Å²) in [5.41, 5.74) is 1.56. The van der Waals surface area contributed by atoms with E-state index in [4.69, 9.17) is 4.74 Å². The molecule has 0 radical (unpaired) electrons. The fourth-order valence-electron chi connectivity index (χ4n) is 5.65. The van der Waals surface area contributed by atoms with Gasteiger partial charge in [-0.25, -0.2) is 0 Å². The lowest BCUT2D eigenvalue weighted by molar-refractivity contribution is -0.154. The first kappa shape index (κ1) is 23.3. The van der Waals surface area contributed by atoms with Gasteiger partial charge in [0.15, 0.2) is 0 Å². The summed E-state index contributed by atoms with van der Waals surface area (Å²) in [4.78, 5) is 44.9. The normalized spacial score (nSPS) is 14.0. The summed E-state index contributed by atoms with van der Waals surface area (Å²) in [5, 5.41) is 7.00. The number of amides is 2. The van der Waals surface area contributed by atoms with Gasteiger partial charge in [-0.05, 0) is 84.8 Å². The third-order valence-electron chi connectivity index (χ3n) is 7.14. The highest BCUT2D eigenvalue weighted by molar-refractivity contribution is 6.38. The third kappa shape index (κ3) is 3.79. The highest BCUT2D eigenvalue weighted by Crippen LogP contribution is 2.43. The topological polar surface area (TPSA) is 76.6 Å². The van der Waals surface area contributed by atoms with Crippen LogP contribution >= 0.6 is 0 Å². The summed E-state index contributed by atoms with van der Waals surface area (Å²) in [5.74, 6) is -0.738. The molecule has 1 aliphatic rings. The number of carbonyl (C=O) groups excluding carboxylic acids is 3. The molecule has 0 unspecified atom stereocenters. The number of hydrogen-bond acceptors (Lipinski definition) is 5. The minimum Gasteiger partial charge on any atom is -0.460 e. The molecule has 0 bridgehead atoms. The zero-order valence-electron chi connectivity index (χ0n) is 21.3. The zero-order chi connectivity index (χ0) is 25.9. The average Bonchev–Trinajstić information content (AvgIpc) is 2.86. The van der Waals surface area contributed by atoms with E-state index in [2.05, 4.69) is 11.1 Å². The molecule has 186 valence electrons. The first-order valence-electron chi connectivity index (χ1n) is 12.8. The Labute approximate surface area is 214 Å². The molecule has 1 aliphatic heterocycles. The van der Waals surface area contributed by atoms with Gasteiger partial charge in [0.1, 0.15) is 5.60 Å². The van der Waals surface area contributed by atoms with Crippen molar-refractivity contribution in [1.82, 2.24) is 9.88 Å². The number of pyridine rings is 1. The van der Waals surface area contributed by atoms with Crippen LogP contribution < -0.4 is 0 Å². The second-order valence-electron chi connectivity index (χ2n) is 10.8. The van der Waals surface area contributed by atoms with Crippen molar-refractivity contribution in [3.63, 3.8) is 0 Å². The number of ether oxygens (including phenoxy) is 1. The lowest BCUT2D eigenvalue weighted by atomic mass is 9.85. The van der Waals surface area contributed by atoms with Gasteiger partial charge in [-0.2, -0.15) is 0 Å². The molecule has 5 aromatic rings. The van der Waals surface area contributed by atoms with Crippen molar-refractivity contribution in [2.75, 3.05) is 6.54 Å². The van der Waals surface area contributed by atoms with E-state index in [0.717, 1.165) is 49.6 Å². The van der Waals surface area contributed by atoms with Gasteiger partial charge >= 0.3 is 5.97 Å². The molecule has 2 amide bonds. The number of unbranched alkanes of at least 4 members (excludes halogenated alkanes) is 2. The smallest absolute Gasteiger partial charge is 0.306 e. The lowest BCUT2D eigenvalue weighted by Gasteiger charge is -2.28. The van der Waals surface area contributed by atoms with Gasteiger partial charge in [0.25, 0.3) is 11.8 Å². The number of fused-ring (bicyclic) bond motifs is 2. The average molecular weight is 493 g/mol. The van der Waals surface area contributed by atoms with Crippen LogP contribution in [0.4, 0.5) is 0 Å². The summed E-state index contributed by atoms with van der Waals surface area (Å²) in [6.45, 7) is 5.87. The largest absolute Gasteiger partial charge is 0.460 e. The molecule has 0 saturated carbocycles. The number of benzene rings is 4. The van der Waals surface area contributed by atoms with Crippen LogP contribution in [0.25, 0.3) is 43.2 Å². The first-order valence-corrected chi connectivity index (χ1v) is 12.8. The van der Waals surface area contributed by atoms with E-state index in [1.165, 1.54) is 4.90 Å². The van der Waals surface area contributed by atoms with E-state index >= 15 is 0 Å². The summed E-state index contributed by atoms with van der Waals surface area (Å²) < 4.78 is 5.35. The van der Waals surface area contributed by atoms with Crippen molar-refractivity contribution in [3.8, 4) is 0 Å². The van der Waals surface area contributed by atoms with Gasteiger partial charge in [-0.15, -0.1) is 0 Å². The molecule has 37 heavy (non-hydrogen) atoms. The molecule has 0 N–H and O–H groups in total. The molecular formula is C31H28N2O4. The Morgan fingerprint density at radius 1 is 0.784 bits per heavy atom. The van der Waals surface area contributed by atoms with Crippen molar-refractivity contribution >= 4 is 61.0 Å². The molecule has 2 heterocycles. The Morgan fingerprint density at radius 3 is 2.11 bits per heavy atom. The van der Waals surface area contributed by atoms with Gasteiger partial charge in [-0.3, -0.25) is 24.3 Å². The van der Waals surface area contributed by atoms with Crippen molar-refractivity contribution in [2.24, 2.45) is 0 Å². The predicted molar refractivity (Wildman–Crippen MR) is 145 cm³/mol. The van der Waals surface area contributed by atoms with Gasteiger partial charge in [0.05, 0.1) is 5.52 Å². The van der Waals surface area contributed by atoms with Crippen molar-refractivity contribution in [2.45, 2.75) is 52.1 Å². The van der Waals surface area contributed by atoms with Crippen LogP contribution in [-0.4, -0.2) is 39.8 Å². The molecule has 6 nitrogen and oxygen atoms in total. The van der Waals surface area contributed by atoms with E-state index in [1.54, 1.807) is 0 Å². The van der Waals surface area contributed by atoms with E-state index in [0.29, 0.717) is 36.9 Å². The lowest BCUT2D eigenvalue weighted by Crippen LogP contribution is -2.40. The molecule has 0 atom stereocenters. The van der Waals surface area contributed by atoms with Gasteiger partial charge in [0, 0.05) is 41.1 Å². The van der Waals surface area contributed by atoms with Crippen LogP contribution in [0.1, 0.15) is 67.2 Å². The SMILES string of the molecule is CC(C)(C)OC(=O)CCCCCN1C(=O)c2ccc3c4cccc5nccc(c6ccc(c2c36)C1=O)c54. The monoisotopic (exact) mass is 492 g/mol. The zero-order valence-corrected chi connectivity index (χ0v) is 21.3. The molecule has 0 fully saturated rings. The number of esters is 1. The van der Waals surface area contributed by atoms with E-state index in [-0.39, 0.29) is 17.8 Å². The number of imide groups is 1. The first-order chi connectivity index (χ1) is 17.7. The minimum atomic E-state index is -0.496. The van der Waals surface area contributed by atoms with Gasteiger partial charge in [0.2, 0.25) is 0 Å². The third-order valence-corrected chi connectivity index (χ3v) is 7.14. The second-order valence-corrected chi connectivity index (χ2v) is 10.8. The highest BCUT2D eigenvalue weighted by atomic mass is 16.6. The van der Waals surface area contributed by atoms with Crippen LogP contribution in [0.2, 0.25) is 0 Å². The second kappa shape index (κ2) is 8.51. The number of nitrogens with zero attached hydrogens (tertiary/aromatic N) is 2. The maximum Gasteiger partial charge on any atom is 0.306 e. The van der Waals surface area contributed by atoms with Crippen molar-refractivity contribution in [3.05, 3.63) is 65.9 Å². The molecule has 0 saturated heterocycles. The van der Waals surface area contributed by atoms with E-state index < -0.39 is 5.60 Å². The van der Waals surface area contributed by atoms with E-state index in [1.807, 2.05) is 69.4 Å². The molecular weight excluding hydrogens is 464 g/mol. The standard InChI is InChI=1S/C31H28N2O4/c1-31(2,3)37-25(34)10-5-4-6-17-33-29(35)22-13-11-19-18-8-7-9-24-26(18)21(15-16-32-24)20-12-14-23(30(33)36)28(22)27(19)20/h7-9,11-16H,4-6,10,17H2,1-3H3. The van der Waals surface area contributed by atoms with Crippen LogP contribution in [-0.2, 0) is 9.53 Å². The maximum atomic E-state index is 13.5. The number of hydrogen-bond donors (Lipinski definition) is 0. The Morgan fingerprint density at radius 2 is 1.43 bits per heavy atom. The van der Waals surface area contributed by atoms with Gasteiger partial charge in [-0.1, -0.05) is 30.7 Å². The molecule has 6 heteroatoms. The van der Waals surface area contributed by atoms with Crippen molar-refractivity contribution in [1.29, 1.82) is 0 Å². The summed E-state index contributed by atoms with van der Waals surface area (Å²) in [6.07, 6.45) is 4.16. The number of carbonyl (C=O) groups is 3. The predicted octanol–water partition coefficient (Wildman–Crippen LogP) is 6.63. The molecule has 0 aliphatic carbocycles. The molecule has 4 aromatic carbocycles. The van der Waals surface area contributed by atoms with Gasteiger partial charge < -0.3 is 4.74 Å². The quantitative estimate of drug-likeness (QED) is 0.0874. The summed E-state index contributed by atoms with van der Waals surface area (Å²) in [6, 6.07) is 15.8. The highest BCUT2D eigenvalue weighted by Gasteiger charge is 2.33. The van der Waals surface area contributed by atoms with Crippen LogP contribution in [0.5, 0.6) is 0 Å². The van der Waals surface area contributed by atoms with Crippen molar-refractivity contribution < 1.29 is 19.1 Å². The number of rotatable bonds is 6. The van der Waals surface area contributed by atoms with Crippen LogP contribution in [0, 0.1) is 0 Å². The fourth-order valence-corrected chi connectivity index (χ4v) is 5.65. The van der Waals surface area contributed by atoms with Crippen LogP contribution in [0.15, 0.2) is 54.7 Å². The Hall–Kier alpha value is -4.06. The molecule has 0 spiro atoms. The maximum absolute atomic E-state index is 13.5. The van der Waals surface area contributed by atoms with E-state index in [9.17, 15) is 14.4 Å².